The van der Waals surface area contributed by atoms with E-state index in [9.17, 15) is 4.79 Å². The van der Waals surface area contributed by atoms with Crippen molar-refractivity contribution in [2.75, 3.05) is 5.73 Å². The summed E-state index contributed by atoms with van der Waals surface area (Å²) in [6, 6.07) is 5.42. The average molecular weight is 208 g/mol. The Morgan fingerprint density at radius 3 is 2.73 bits per heavy atom. The van der Waals surface area contributed by atoms with Crippen LogP contribution in [0.15, 0.2) is 18.2 Å². The van der Waals surface area contributed by atoms with Crippen molar-refractivity contribution in [3.8, 4) is 0 Å². The van der Waals surface area contributed by atoms with Crippen molar-refractivity contribution < 1.29 is 14.6 Å². The first kappa shape index (κ1) is 9.79. The van der Waals surface area contributed by atoms with Crippen LogP contribution in [0, 0.1) is 0 Å². The van der Waals surface area contributed by atoms with E-state index in [-0.39, 0.29) is 0 Å². The number of anilines is 1. The molecule has 5 N–H and O–H groups in total. The van der Waals surface area contributed by atoms with E-state index < -0.39 is 11.9 Å². The van der Waals surface area contributed by atoms with Crippen LogP contribution in [0.1, 0.15) is 11.1 Å². The van der Waals surface area contributed by atoms with Gasteiger partial charge in [-0.1, -0.05) is 6.07 Å². The molecule has 1 unspecified atom stereocenters. The summed E-state index contributed by atoms with van der Waals surface area (Å²) >= 11 is 0. The van der Waals surface area contributed by atoms with Crippen molar-refractivity contribution in [1.82, 2.24) is 0 Å². The van der Waals surface area contributed by atoms with Gasteiger partial charge in [0.05, 0.1) is 0 Å². The predicted molar refractivity (Wildman–Crippen MR) is 54.3 cm³/mol. The van der Waals surface area contributed by atoms with Crippen LogP contribution in [-0.4, -0.2) is 17.0 Å². The molecule has 0 fully saturated rings. The molecule has 0 spiro atoms. The number of hydrogen-bond donors (Lipinski definition) is 3. The first-order valence-corrected chi connectivity index (χ1v) is 4.57. The number of nitrogen functional groups attached to an aromatic ring is 1. The predicted octanol–water partition coefficient (Wildman–Crippen LogP) is 0.717. The van der Waals surface area contributed by atoms with Crippen LogP contribution in [0.2, 0.25) is 0 Å². The summed E-state index contributed by atoms with van der Waals surface area (Å²) in [6.07, 6.45) is -0.576. The van der Waals surface area contributed by atoms with Gasteiger partial charge >= 0.3 is 6.16 Å². The minimum absolute atomic E-state index is 0.375. The quantitative estimate of drug-likeness (QED) is 0.359. The Morgan fingerprint density at radius 2 is 2.07 bits per heavy atom. The smallest absolute Gasteiger partial charge is 0.450 e. The fourth-order valence-corrected chi connectivity index (χ4v) is 1.94. The fourth-order valence-electron chi connectivity index (χ4n) is 1.94. The molecule has 5 heteroatoms. The molecule has 0 bridgehead atoms. The molecule has 1 aromatic carbocycles. The molecule has 1 atom stereocenters. The molecule has 0 saturated heterocycles. The molecule has 80 valence electrons. The largest absolute Gasteiger partial charge is 0.507 e. The minimum atomic E-state index is -1.35. The Kier molecular flexibility index (Phi) is 2.04. The van der Waals surface area contributed by atoms with Crippen LogP contribution in [0.5, 0.6) is 0 Å². The maximum absolute atomic E-state index is 10.5. The summed E-state index contributed by atoms with van der Waals surface area (Å²) in [5.41, 5.74) is 12.9. The van der Waals surface area contributed by atoms with Gasteiger partial charge in [0.2, 0.25) is 0 Å². The summed E-state index contributed by atoms with van der Waals surface area (Å²) in [5.74, 6) is 0. The van der Waals surface area contributed by atoms with E-state index in [4.69, 9.17) is 16.6 Å². The molecule has 2 rings (SSSR count). The van der Waals surface area contributed by atoms with Gasteiger partial charge in [0.25, 0.3) is 0 Å². The zero-order valence-corrected chi connectivity index (χ0v) is 8.06. The lowest BCUT2D eigenvalue weighted by molar-refractivity contribution is -0.00874. The summed E-state index contributed by atoms with van der Waals surface area (Å²) < 4.78 is 4.67. The van der Waals surface area contributed by atoms with E-state index in [1.807, 2.05) is 6.07 Å². The van der Waals surface area contributed by atoms with Gasteiger partial charge in [0.1, 0.15) is 0 Å². The molecule has 1 aliphatic rings. The summed E-state index contributed by atoms with van der Waals surface area (Å²) in [4.78, 5) is 10.5. The molecule has 0 aromatic heterocycles. The van der Waals surface area contributed by atoms with Gasteiger partial charge in [-0.05, 0) is 23.3 Å². The van der Waals surface area contributed by atoms with Gasteiger partial charge in [-0.2, -0.15) is 0 Å². The Hall–Kier alpha value is -1.75. The summed E-state index contributed by atoms with van der Waals surface area (Å²) in [5, 5.41) is 8.55. The molecule has 0 amide bonds. The number of ether oxygens (including phenoxy) is 1. The van der Waals surface area contributed by atoms with Crippen molar-refractivity contribution in [1.29, 1.82) is 0 Å². The van der Waals surface area contributed by atoms with Crippen LogP contribution in [-0.2, 0) is 17.6 Å². The maximum atomic E-state index is 10.5. The normalized spacial score (nSPS) is 23.5. The van der Waals surface area contributed by atoms with Crippen molar-refractivity contribution in [3.63, 3.8) is 0 Å². The lowest BCUT2D eigenvalue weighted by Gasteiger charge is -2.21. The van der Waals surface area contributed by atoms with E-state index in [1.165, 1.54) is 0 Å². The molecule has 15 heavy (non-hydrogen) atoms. The van der Waals surface area contributed by atoms with Gasteiger partial charge in [0.15, 0.2) is 5.72 Å². The van der Waals surface area contributed by atoms with Crippen LogP contribution >= 0.6 is 0 Å². The third-order valence-electron chi connectivity index (χ3n) is 2.50. The summed E-state index contributed by atoms with van der Waals surface area (Å²) in [6.45, 7) is 0. The second-order valence-corrected chi connectivity index (χ2v) is 3.81. The number of hydrogen-bond acceptors (Lipinski definition) is 4. The highest BCUT2D eigenvalue weighted by atomic mass is 16.7. The first-order chi connectivity index (χ1) is 6.98. The second-order valence-electron chi connectivity index (χ2n) is 3.81. The number of nitrogens with two attached hydrogens (primary N) is 2. The zero-order chi connectivity index (χ0) is 11.1. The number of carbonyl (C=O) groups is 1. The number of benzene rings is 1. The Morgan fingerprint density at radius 1 is 1.40 bits per heavy atom. The molecule has 0 aliphatic heterocycles. The van der Waals surface area contributed by atoms with Crippen LogP contribution in [0.25, 0.3) is 0 Å². The second kappa shape index (κ2) is 3.13. The molecule has 1 aliphatic carbocycles. The topological polar surface area (TPSA) is 98.6 Å². The van der Waals surface area contributed by atoms with E-state index in [0.717, 1.165) is 11.1 Å². The van der Waals surface area contributed by atoms with Crippen molar-refractivity contribution in [2.45, 2.75) is 18.6 Å². The van der Waals surface area contributed by atoms with Crippen molar-refractivity contribution in [2.24, 2.45) is 5.73 Å². The van der Waals surface area contributed by atoms with Crippen LogP contribution < -0.4 is 11.5 Å². The Balaban J connectivity index is 2.24. The van der Waals surface area contributed by atoms with E-state index in [0.29, 0.717) is 18.5 Å². The van der Waals surface area contributed by atoms with E-state index >= 15 is 0 Å². The lowest BCUT2D eigenvalue weighted by atomic mass is 10.1. The highest BCUT2D eigenvalue weighted by Crippen LogP contribution is 2.30. The van der Waals surface area contributed by atoms with Gasteiger partial charge in [-0.25, -0.2) is 4.79 Å². The summed E-state index contributed by atoms with van der Waals surface area (Å²) in [7, 11) is 0. The van der Waals surface area contributed by atoms with E-state index in [1.54, 1.807) is 12.1 Å². The molecular formula is C10H12N2O3. The van der Waals surface area contributed by atoms with Gasteiger partial charge in [-0.3, -0.25) is 5.73 Å². The number of rotatable bonds is 1. The molecule has 0 radical (unpaired) electrons. The highest BCUT2D eigenvalue weighted by molar-refractivity contribution is 5.58. The first-order valence-electron chi connectivity index (χ1n) is 4.57. The van der Waals surface area contributed by atoms with Crippen LogP contribution in [0.3, 0.4) is 0 Å². The third kappa shape index (κ3) is 1.87. The van der Waals surface area contributed by atoms with Crippen molar-refractivity contribution in [3.05, 3.63) is 29.3 Å². The molecule has 0 saturated carbocycles. The molecule has 5 nitrogen and oxygen atoms in total. The van der Waals surface area contributed by atoms with Crippen molar-refractivity contribution >= 4 is 11.8 Å². The van der Waals surface area contributed by atoms with Gasteiger partial charge < -0.3 is 15.6 Å². The van der Waals surface area contributed by atoms with E-state index in [2.05, 4.69) is 4.74 Å². The van der Waals surface area contributed by atoms with Gasteiger partial charge in [-0.15, -0.1) is 0 Å². The zero-order valence-electron chi connectivity index (χ0n) is 8.06. The molecular weight excluding hydrogens is 196 g/mol. The maximum Gasteiger partial charge on any atom is 0.507 e. The fraction of sp³-hybridized carbons (Fsp3) is 0.300. The standard InChI is InChI=1S/C10H12N2O3/c11-8-2-1-6-4-10(12,15-9(13)14)5-7(6)3-8/h1-3H,4-5,11-12H2,(H,13,14). The third-order valence-corrected chi connectivity index (χ3v) is 2.50. The monoisotopic (exact) mass is 208 g/mol. The number of carboxylic acid groups (broad SMARTS) is 1. The highest BCUT2D eigenvalue weighted by Gasteiger charge is 2.37. The average Bonchev–Trinajstić information content (AvgIpc) is 2.38. The minimum Gasteiger partial charge on any atom is -0.450 e. The van der Waals surface area contributed by atoms with Crippen LogP contribution in [0.4, 0.5) is 10.5 Å². The Labute approximate surface area is 86.6 Å². The Bertz CT molecular complexity index is 419. The number of fused-ring (bicyclic) bond motifs is 1. The SMILES string of the molecule is Nc1ccc2c(c1)CC(N)(OC(=O)O)C2. The molecule has 0 heterocycles. The lowest BCUT2D eigenvalue weighted by Crippen LogP contribution is -2.45. The van der Waals surface area contributed by atoms with Gasteiger partial charge in [0, 0.05) is 18.5 Å². The molecule has 1 aromatic rings.